The summed E-state index contributed by atoms with van der Waals surface area (Å²) in [4.78, 5) is 14.8. The van der Waals surface area contributed by atoms with Gasteiger partial charge in [-0.3, -0.25) is 4.79 Å². The smallest absolute Gasteiger partial charge is 0.267 e. The highest BCUT2D eigenvalue weighted by Crippen LogP contribution is 2.15. The number of amides is 1. The lowest BCUT2D eigenvalue weighted by Gasteiger charge is -2.27. The summed E-state index contributed by atoms with van der Waals surface area (Å²) in [6.45, 7) is 4.80. The predicted molar refractivity (Wildman–Crippen MR) is 62.5 cm³/mol. The standard InChI is InChI=1S/C10H16N4OS/c1-2-5-14(8-3-4-11-6-8)10(15)9-7-12-13-16-9/h7-8,11H,2-6H2,1H3. The molecule has 88 valence electrons. The van der Waals surface area contributed by atoms with Gasteiger partial charge in [0.15, 0.2) is 0 Å². The summed E-state index contributed by atoms with van der Waals surface area (Å²) in [5.41, 5.74) is 0. The van der Waals surface area contributed by atoms with Crippen LogP contribution in [0.15, 0.2) is 6.20 Å². The summed E-state index contributed by atoms with van der Waals surface area (Å²) in [6.07, 6.45) is 3.57. The molecular weight excluding hydrogens is 224 g/mol. The molecule has 0 aliphatic carbocycles. The van der Waals surface area contributed by atoms with E-state index in [0.29, 0.717) is 10.9 Å². The molecule has 0 spiro atoms. The zero-order valence-electron chi connectivity index (χ0n) is 9.35. The molecule has 1 fully saturated rings. The second-order valence-electron chi connectivity index (χ2n) is 3.93. The van der Waals surface area contributed by atoms with Crippen molar-refractivity contribution in [3.8, 4) is 0 Å². The van der Waals surface area contributed by atoms with Gasteiger partial charge in [-0.25, -0.2) is 0 Å². The summed E-state index contributed by atoms with van der Waals surface area (Å²) in [5.74, 6) is 0.0746. The van der Waals surface area contributed by atoms with E-state index in [1.807, 2.05) is 4.90 Å². The third-order valence-corrected chi connectivity index (χ3v) is 3.43. The first-order chi connectivity index (χ1) is 7.83. The fourth-order valence-corrected chi connectivity index (χ4v) is 2.47. The van der Waals surface area contributed by atoms with Gasteiger partial charge in [-0.2, -0.15) is 0 Å². The van der Waals surface area contributed by atoms with E-state index in [9.17, 15) is 4.79 Å². The molecule has 5 nitrogen and oxygen atoms in total. The van der Waals surface area contributed by atoms with Crippen molar-refractivity contribution in [1.29, 1.82) is 0 Å². The van der Waals surface area contributed by atoms with Gasteiger partial charge in [0.25, 0.3) is 5.91 Å². The molecule has 16 heavy (non-hydrogen) atoms. The fourth-order valence-electron chi connectivity index (χ4n) is 2.00. The third kappa shape index (κ3) is 2.38. The van der Waals surface area contributed by atoms with Crippen molar-refractivity contribution < 1.29 is 4.79 Å². The van der Waals surface area contributed by atoms with Crippen LogP contribution in [0, 0.1) is 0 Å². The molecule has 0 saturated carbocycles. The molecule has 1 unspecified atom stereocenters. The molecule has 1 aromatic rings. The van der Waals surface area contributed by atoms with E-state index in [1.165, 1.54) is 11.5 Å². The summed E-state index contributed by atoms with van der Waals surface area (Å²) in [7, 11) is 0. The Morgan fingerprint density at radius 3 is 3.19 bits per heavy atom. The van der Waals surface area contributed by atoms with Gasteiger partial charge in [0, 0.05) is 19.1 Å². The minimum absolute atomic E-state index is 0.0746. The largest absolute Gasteiger partial charge is 0.334 e. The average molecular weight is 240 g/mol. The van der Waals surface area contributed by atoms with E-state index in [-0.39, 0.29) is 5.91 Å². The summed E-state index contributed by atoms with van der Waals surface area (Å²) >= 11 is 1.17. The van der Waals surface area contributed by atoms with Gasteiger partial charge in [0.1, 0.15) is 4.88 Å². The molecule has 1 saturated heterocycles. The van der Waals surface area contributed by atoms with Crippen LogP contribution < -0.4 is 5.32 Å². The monoisotopic (exact) mass is 240 g/mol. The second-order valence-corrected chi connectivity index (χ2v) is 4.71. The predicted octanol–water partition coefficient (Wildman–Crippen LogP) is 0.752. The van der Waals surface area contributed by atoms with Crippen LogP contribution in [0.1, 0.15) is 29.4 Å². The number of hydrogen-bond donors (Lipinski definition) is 1. The van der Waals surface area contributed by atoms with Crippen molar-refractivity contribution in [2.75, 3.05) is 19.6 Å². The first-order valence-corrected chi connectivity index (χ1v) is 6.39. The summed E-state index contributed by atoms with van der Waals surface area (Å²) in [5, 5.41) is 7.01. The van der Waals surface area contributed by atoms with Crippen LogP contribution in [0.3, 0.4) is 0 Å². The molecule has 1 amide bonds. The van der Waals surface area contributed by atoms with Crippen molar-refractivity contribution in [3.63, 3.8) is 0 Å². The molecule has 1 aromatic heterocycles. The lowest BCUT2D eigenvalue weighted by molar-refractivity contribution is 0.0697. The maximum atomic E-state index is 12.2. The highest BCUT2D eigenvalue weighted by atomic mass is 32.1. The number of aromatic nitrogens is 2. The van der Waals surface area contributed by atoms with Gasteiger partial charge >= 0.3 is 0 Å². The third-order valence-electron chi connectivity index (χ3n) is 2.77. The van der Waals surface area contributed by atoms with E-state index in [4.69, 9.17) is 0 Å². The number of hydrogen-bond acceptors (Lipinski definition) is 5. The Bertz CT molecular complexity index is 335. The first kappa shape index (κ1) is 11.5. The lowest BCUT2D eigenvalue weighted by Crippen LogP contribution is -2.41. The summed E-state index contributed by atoms with van der Waals surface area (Å²) < 4.78 is 3.74. The Hall–Kier alpha value is -1.01. The number of carbonyl (C=O) groups is 1. The van der Waals surface area contributed by atoms with Crippen LogP contribution in [-0.2, 0) is 0 Å². The van der Waals surface area contributed by atoms with Gasteiger partial charge < -0.3 is 10.2 Å². The zero-order valence-corrected chi connectivity index (χ0v) is 10.2. The number of carbonyl (C=O) groups excluding carboxylic acids is 1. The Morgan fingerprint density at radius 1 is 1.75 bits per heavy atom. The van der Waals surface area contributed by atoms with Gasteiger partial charge in [-0.05, 0) is 30.9 Å². The number of nitrogens with zero attached hydrogens (tertiary/aromatic N) is 3. The molecule has 0 radical (unpaired) electrons. The fraction of sp³-hybridized carbons (Fsp3) is 0.700. The Morgan fingerprint density at radius 2 is 2.62 bits per heavy atom. The van der Waals surface area contributed by atoms with Gasteiger partial charge in [-0.1, -0.05) is 11.4 Å². The van der Waals surface area contributed by atoms with Crippen LogP contribution in [-0.4, -0.2) is 46.1 Å². The normalized spacial score (nSPS) is 19.9. The van der Waals surface area contributed by atoms with E-state index >= 15 is 0 Å². The van der Waals surface area contributed by atoms with Crippen LogP contribution in [0.4, 0.5) is 0 Å². The van der Waals surface area contributed by atoms with E-state index < -0.39 is 0 Å². The zero-order chi connectivity index (χ0) is 11.4. The van der Waals surface area contributed by atoms with Crippen molar-refractivity contribution in [1.82, 2.24) is 19.8 Å². The highest BCUT2D eigenvalue weighted by molar-refractivity contribution is 7.07. The minimum atomic E-state index is 0.0746. The van der Waals surface area contributed by atoms with Crippen LogP contribution in [0.2, 0.25) is 0 Å². The lowest BCUT2D eigenvalue weighted by atomic mass is 10.2. The van der Waals surface area contributed by atoms with Crippen molar-refractivity contribution in [2.45, 2.75) is 25.8 Å². The SMILES string of the molecule is CCCN(C(=O)c1cnns1)C1CCNC1. The maximum absolute atomic E-state index is 12.2. The second kappa shape index (κ2) is 5.36. The maximum Gasteiger partial charge on any atom is 0.267 e. The molecule has 0 bridgehead atoms. The van der Waals surface area contributed by atoms with Crippen molar-refractivity contribution >= 4 is 17.4 Å². The molecule has 6 heteroatoms. The van der Waals surface area contributed by atoms with Crippen LogP contribution in [0.5, 0.6) is 0 Å². The van der Waals surface area contributed by atoms with Gasteiger partial charge in [0.05, 0.1) is 6.20 Å². The van der Waals surface area contributed by atoms with Crippen LogP contribution in [0.25, 0.3) is 0 Å². The Balaban J connectivity index is 2.09. The van der Waals surface area contributed by atoms with E-state index in [2.05, 4.69) is 21.8 Å². The quantitative estimate of drug-likeness (QED) is 0.844. The van der Waals surface area contributed by atoms with E-state index in [0.717, 1.165) is 32.5 Å². The molecule has 2 rings (SSSR count). The van der Waals surface area contributed by atoms with Crippen molar-refractivity contribution in [2.24, 2.45) is 0 Å². The molecule has 0 aromatic carbocycles. The summed E-state index contributed by atoms with van der Waals surface area (Å²) in [6, 6.07) is 0.328. The van der Waals surface area contributed by atoms with Gasteiger partial charge in [0.2, 0.25) is 0 Å². The topological polar surface area (TPSA) is 58.1 Å². The Labute approximate surface area is 99.0 Å². The molecule has 1 N–H and O–H groups in total. The average Bonchev–Trinajstić information content (AvgIpc) is 2.96. The van der Waals surface area contributed by atoms with Crippen molar-refractivity contribution in [3.05, 3.63) is 11.1 Å². The molecule has 1 aliphatic heterocycles. The van der Waals surface area contributed by atoms with Gasteiger partial charge in [-0.15, -0.1) is 5.10 Å². The Kier molecular flexibility index (Phi) is 3.84. The first-order valence-electron chi connectivity index (χ1n) is 5.62. The molecule has 2 heterocycles. The molecule has 1 atom stereocenters. The minimum Gasteiger partial charge on any atom is -0.334 e. The number of rotatable bonds is 4. The molecular formula is C10H16N4OS. The number of nitrogens with one attached hydrogen (secondary N) is 1. The van der Waals surface area contributed by atoms with E-state index in [1.54, 1.807) is 6.20 Å². The van der Waals surface area contributed by atoms with Crippen LogP contribution >= 0.6 is 11.5 Å². The molecule has 1 aliphatic rings. The highest BCUT2D eigenvalue weighted by Gasteiger charge is 2.27.